The summed E-state index contributed by atoms with van der Waals surface area (Å²) in [5.74, 6) is -0.399. The van der Waals surface area contributed by atoms with Gasteiger partial charge in [0.1, 0.15) is 0 Å². The maximum Gasteiger partial charge on any atom is 0.338 e. The molecule has 0 aromatic heterocycles. The van der Waals surface area contributed by atoms with E-state index >= 15 is 0 Å². The molecule has 2 aliphatic rings. The molecule has 0 spiro atoms. The van der Waals surface area contributed by atoms with Crippen LogP contribution in [0.3, 0.4) is 0 Å². The second-order valence-corrected chi connectivity index (χ2v) is 9.11. The molecule has 2 N–H and O–H groups in total. The van der Waals surface area contributed by atoms with Crippen molar-refractivity contribution >= 4 is 17.7 Å². The van der Waals surface area contributed by atoms with Crippen molar-refractivity contribution in [2.45, 2.75) is 33.7 Å². The molecule has 2 amide bonds. The highest BCUT2D eigenvalue weighted by Crippen LogP contribution is 2.29. The van der Waals surface area contributed by atoms with Crippen molar-refractivity contribution in [1.29, 1.82) is 0 Å². The Morgan fingerprint density at radius 3 is 2.35 bits per heavy atom. The minimum absolute atomic E-state index is 0.276. The van der Waals surface area contributed by atoms with E-state index in [1.807, 2.05) is 31.2 Å². The van der Waals surface area contributed by atoms with Gasteiger partial charge in [-0.15, -0.1) is 0 Å². The molecule has 2 heterocycles. The Balaban J connectivity index is 1.56. The maximum absolute atomic E-state index is 13.0. The summed E-state index contributed by atoms with van der Waals surface area (Å²) in [5, 5.41) is 5.81. The number of piperazine rings is 1. The molecule has 1 atom stereocenters. The van der Waals surface area contributed by atoms with Crippen LogP contribution in [0, 0.1) is 20.8 Å². The molecular weight excluding hydrogens is 428 g/mol. The Hall–Kier alpha value is -3.32. The molecule has 2 aliphatic heterocycles. The van der Waals surface area contributed by atoms with Crippen molar-refractivity contribution in [1.82, 2.24) is 15.5 Å². The molecule has 2 aromatic carbocycles. The Morgan fingerprint density at radius 1 is 1.00 bits per heavy atom. The maximum atomic E-state index is 13.0. The van der Waals surface area contributed by atoms with Gasteiger partial charge in [-0.1, -0.05) is 42.0 Å². The molecular formula is C27H34N4O3. The minimum Gasteiger partial charge on any atom is -0.463 e. The number of hydrogen-bond acceptors (Lipinski definition) is 5. The van der Waals surface area contributed by atoms with E-state index in [1.54, 1.807) is 6.92 Å². The largest absolute Gasteiger partial charge is 0.463 e. The number of hydrogen-bond donors (Lipinski definition) is 2. The molecule has 2 aromatic rings. The molecule has 1 fully saturated rings. The van der Waals surface area contributed by atoms with Gasteiger partial charge in [0.2, 0.25) is 0 Å². The van der Waals surface area contributed by atoms with Crippen LogP contribution in [0.25, 0.3) is 0 Å². The van der Waals surface area contributed by atoms with Crippen LogP contribution in [0.1, 0.15) is 35.2 Å². The molecule has 0 aliphatic carbocycles. The second kappa shape index (κ2) is 10.3. The van der Waals surface area contributed by atoms with Crippen molar-refractivity contribution in [3.05, 3.63) is 76.0 Å². The van der Waals surface area contributed by atoms with Crippen LogP contribution in [0.15, 0.2) is 53.7 Å². The number of nitrogens with one attached hydrogen (secondary N) is 2. The summed E-state index contributed by atoms with van der Waals surface area (Å²) in [5.41, 5.74) is 6.88. The third-order valence-electron chi connectivity index (χ3n) is 6.52. The molecule has 1 saturated heterocycles. The third-order valence-corrected chi connectivity index (χ3v) is 6.52. The van der Waals surface area contributed by atoms with E-state index in [0.717, 1.165) is 37.3 Å². The number of benzene rings is 2. The van der Waals surface area contributed by atoms with Gasteiger partial charge >= 0.3 is 12.0 Å². The quantitative estimate of drug-likeness (QED) is 0.642. The molecule has 7 nitrogen and oxygen atoms in total. The lowest BCUT2D eigenvalue weighted by Gasteiger charge is -2.38. The number of urea groups is 1. The lowest BCUT2D eigenvalue weighted by molar-refractivity contribution is -0.139. The van der Waals surface area contributed by atoms with E-state index in [4.69, 9.17) is 4.74 Å². The molecule has 0 saturated carbocycles. The highest BCUT2D eigenvalue weighted by molar-refractivity contribution is 5.95. The van der Waals surface area contributed by atoms with Crippen molar-refractivity contribution in [3.63, 3.8) is 0 Å². The smallest absolute Gasteiger partial charge is 0.338 e. The number of amides is 2. The van der Waals surface area contributed by atoms with Crippen LogP contribution >= 0.6 is 0 Å². The number of carbonyl (C=O) groups is 2. The summed E-state index contributed by atoms with van der Waals surface area (Å²) < 4.78 is 5.40. The number of rotatable bonds is 6. The summed E-state index contributed by atoms with van der Waals surface area (Å²) >= 11 is 0. The standard InChI is InChI=1S/C27H34N4O3/c1-5-34-26(32)24-22(28-27(33)29-25(24)21-10-7-18(2)8-11-21)17-30-12-14-31(15-13-30)23-16-19(3)6-9-20(23)4/h6-11,16,25H,5,12-15,17H2,1-4H3,(H2,28,29,33)/t25-/m1/s1. The predicted octanol–water partition coefficient (Wildman–Crippen LogP) is 3.61. The number of aryl methyl sites for hydroxylation is 3. The van der Waals surface area contributed by atoms with Gasteiger partial charge in [0.15, 0.2) is 0 Å². The van der Waals surface area contributed by atoms with Crippen LogP contribution in [0.4, 0.5) is 10.5 Å². The second-order valence-electron chi connectivity index (χ2n) is 9.11. The average molecular weight is 463 g/mol. The van der Waals surface area contributed by atoms with Gasteiger partial charge in [-0.3, -0.25) is 4.90 Å². The molecule has 0 radical (unpaired) electrons. The monoisotopic (exact) mass is 462 g/mol. The third kappa shape index (κ3) is 5.25. The Kier molecular flexibility index (Phi) is 7.22. The molecule has 180 valence electrons. The van der Waals surface area contributed by atoms with Crippen LogP contribution in [0.5, 0.6) is 0 Å². The first-order chi connectivity index (χ1) is 16.4. The molecule has 34 heavy (non-hydrogen) atoms. The summed E-state index contributed by atoms with van der Waals surface area (Å²) in [6.07, 6.45) is 0. The Morgan fingerprint density at radius 2 is 1.68 bits per heavy atom. The van der Waals surface area contributed by atoms with E-state index in [0.29, 0.717) is 17.8 Å². The lowest BCUT2D eigenvalue weighted by atomic mass is 9.94. The van der Waals surface area contributed by atoms with Crippen LogP contribution in [0.2, 0.25) is 0 Å². The zero-order valence-electron chi connectivity index (χ0n) is 20.5. The fourth-order valence-corrected chi connectivity index (χ4v) is 4.63. The van der Waals surface area contributed by atoms with Crippen LogP contribution in [-0.2, 0) is 9.53 Å². The normalized spacial score (nSPS) is 19.0. The SMILES string of the molecule is CCOC(=O)C1=C(CN2CCN(c3cc(C)ccc3C)CC2)NC(=O)N[C@@H]1c1ccc(C)cc1. The number of anilines is 1. The van der Waals surface area contributed by atoms with Gasteiger partial charge in [0, 0.05) is 44.1 Å². The fourth-order valence-electron chi connectivity index (χ4n) is 4.63. The van der Waals surface area contributed by atoms with Gasteiger partial charge in [-0.05, 0) is 50.5 Å². The van der Waals surface area contributed by atoms with E-state index in [2.05, 4.69) is 52.5 Å². The van der Waals surface area contributed by atoms with Gasteiger partial charge in [-0.25, -0.2) is 9.59 Å². The zero-order valence-corrected chi connectivity index (χ0v) is 20.5. The number of carbonyl (C=O) groups excluding carboxylic acids is 2. The van der Waals surface area contributed by atoms with Gasteiger partial charge in [0.25, 0.3) is 0 Å². The van der Waals surface area contributed by atoms with Gasteiger partial charge in [-0.2, -0.15) is 0 Å². The molecule has 7 heteroatoms. The van der Waals surface area contributed by atoms with Crippen molar-refractivity contribution in [2.75, 3.05) is 44.2 Å². The summed E-state index contributed by atoms with van der Waals surface area (Å²) in [7, 11) is 0. The van der Waals surface area contributed by atoms with E-state index < -0.39 is 12.0 Å². The Bertz CT molecular complexity index is 1090. The highest BCUT2D eigenvalue weighted by atomic mass is 16.5. The zero-order chi connectivity index (χ0) is 24.2. The van der Waals surface area contributed by atoms with Crippen molar-refractivity contribution < 1.29 is 14.3 Å². The summed E-state index contributed by atoms with van der Waals surface area (Å²) in [6.45, 7) is 12.3. The molecule has 0 bridgehead atoms. The van der Waals surface area contributed by atoms with Gasteiger partial charge < -0.3 is 20.3 Å². The first kappa shape index (κ1) is 23.8. The van der Waals surface area contributed by atoms with E-state index in [1.165, 1.54) is 16.8 Å². The first-order valence-electron chi connectivity index (χ1n) is 11.9. The summed E-state index contributed by atoms with van der Waals surface area (Å²) in [4.78, 5) is 30.3. The van der Waals surface area contributed by atoms with Gasteiger partial charge in [0.05, 0.1) is 18.2 Å². The predicted molar refractivity (Wildman–Crippen MR) is 134 cm³/mol. The lowest BCUT2D eigenvalue weighted by Crippen LogP contribution is -2.52. The van der Waals surface area contributed by atoms with E-state index in [-0.39, 0.29) is 12.6 Å². The number of ether oxygens (including phenoxy) is 1. The van der Waals surface area contributed by atoms with E-state index in [9.17, 15) is 9.59 Å². The fraction of sp³-hybridized carbons (Fsp3) is 0.407. The Labute approximate surface area is 201 Å². The summed E-state index contributed by atoms with van der Waals surface area (Å²) in [6, 6.07) is 13.6. The van der Waals surface area contributed by atoms with Crippen LogP contribution in [-0.4, -0.2) is 56.2 Å². The average Bonchev–Trinajstić information content (AvgIpc) is 2.81. The number of nitrogens with zero attached hydrogens (tertiary/aromatic N) is 2. The van der Waals surface area contributed by atoms with Crippen LogP contribution < -0.4 is 15.5 Å². The molecule has 0 unspecified atom stereocenters. The van der Waals surface area contributed by atoms with Crippen molar-refractivity contribution in [3.8, 4) is 0 Å². The highest BCUT2D eigenvalue weighted by Gasteiger charge is 2.34. The van der Waals surface area contributed by atoms with Crippen molar-refractivity contribution in [2.24, 2.45) is 0 Å². The topological polar surface area (TPSA) is 73.9 Å². The minimum atomic E-state index is -0.542. The molecule has 4 rings (SSSR count). The first-order valence-corrected chi connectivity index (χ1v) is 11.9. The number of esters is 1.